The number of hydrogen-bond donors (Lipinski definition) is 1. The first-order chi connectivity index (χ1) is 9.80. The van der Waals surface area contributed by atoms with Crippen LogP contribution in [0.1, 0.15) is 37.5 Å². The number of rotatable bonds is 3. The van der Waals surface area contributed by atoms with Crippen LogP contribution in [-0.2, 0) is 5.41 Å². The van der Waals surface area contributed by atoms with Gasteiger partial charge in [-0.2, -0.15) is 0 Å². The monoisotopic (exact) mass is 284 g/mol. The van der Waals surface area contributed by atoms with Crippen molar-refractivity contribution in [3.63, 3.8) is 0 Å². The maximum Gasteiger partial charge on any atom is 0.136 e. The van der Waals surface area contributed by atoms with Gasteiger partial charge in [0.1, 0.15) is 5.82 Å². The van der Waals surface area contributed by atoms with Crippen molar-refractivity contribution in [2.45, 2.75) is 33.1 Å². The van der Waals surface area contributed by atoms with Gasteiger partial charge in [-0.15, -0.1) is 0 Å². The lowest BCUT2D eigenvalue weighted by atomic mass is 9.84. The third-order valence-corrected chi connectivity index (χ3v) is 3.44. The summed E-state index contributed by atoms with van der Waals surface area (Å²) in [5.74, 6) is -0.200. The molecule has 0 atom stereocenters. The van der Waals surface area contributed by atoms with E-state index in [2.05, 4.69) is 16.9 Å². The van der Waals surface area contributed by atoms with Crippen LogP contribution in [0.5, 0.6) is 0 Å². The SMILES string of the molecule is C=C(Nc1ccncc1)c1c(C)ccc(C(C)(C)C)c1F. The lowest BCUT2D eigenvalue weighted by molar-refractivity contribution is 0.520. The zero-order valence-electron chi connectivity index (χ0n) is 13.0. The molecule has 0 saturated carbocycles. The van der Waals surface area contributed by atoms with E-state index in [1.54, 1.807) is 12.4 Å². The molecule has 0 aliphatic rings. The molecule has 2 nitrogen and oxygen atoms in total. The molecule has 1 aromatic heterocycles. The summed E-state index contributed by atoms with van der Waals surface area (Å²) in [5.41, 5.74) is 3.26. The van der Waals surface area contributed by atoms with Crippen molar-refractivity contribution >= 4 is 11.4 Å². The van der Waals surface area contributed by atoms with E-state index in [1.807, 2.05) is 52.0 Å². The first-order valence-electron chi connectivity index (χ1n) is 6.96. The minimum atomic E-state index is -0.247. The molecule has 0 radical (unpaired) electrons. The van der Waals surface area contributed by atoms with Gasteiger partial charge < -0.3 is 5.32 Å². The highest BCUT2D eigenvalue weighted by molar-refractivity contribution is 5.77. The van der Waals surface area contributed by atoms with Crippen molar-refractivity contribution in [1.82, 2.24) is 4.98 Å². The Balaban J connectivity index is 2.41. The number of benzene rings is 1. The number of pyridine rings is 1. The molecule has 1 aromatic carbocycles. The van der Waals surface area contributed by atoms with E-state index >= 15 is 0 Å². The third-order valence-electron chi connectivity index (χ3n) is 3.44. The predicted octanol–water partition coefficient (Wildman–Crippen LogP) is 4.91. The van der Waals surface area contributed by atoms with Gasteiger partial charge in [-0.25, -0.2) is 4.39 Å². The maximum absolute atomic E-state index is 14.9. The Morgan fingerprint density at radius 2 is 1.76 bits per heavy atom. The molecular weight excluding hydrogens is 263 g/mol. The highest BCUT2D eigenvalue weighted by Crippen LogP contribution is 2.31. The minimum Gasteiger partial charge on any atom is -0.355 e. The van der Waals surface area contributed by atoms with Crippen LogP contribution >= 0.6 is 0 Å². The molecule has 2 rings (SSSR count). The molecule has 0 bridgehead atoms. The van der Waals surface area contributed by atoms with E-state index in [0.717, 1.165) is 11.3 Å². The topological polar surface area (TPSA) is 24.9 Å². The van der Waals surface area contributed by atoms with Gasteiger partial charge in [-0.3, -0.25) is 4.98 Å². The molecular formula is C18H21FN2. The van der Waals surface area contributed by atoms with Crippen molar-refractivity contribution in [2.24, 2.45) is 0 Å². The summed E-state index contributed by atoms with van der Waals surface area (Å²) in [5, 5.41) is 3.14. The number of anilines is 1. The molecule has 0 aliphatic carbocycles. The Kier molecular flexibility index (Phi) is 4.12. The van der Waals surface area contributed by atoms with Gasteiger partial charge in [-0.1, -0.05) is 39.5 Å². The predicted molar refractivity (Wildman–Crippen MR) is 86.7 cm³/mol. The van der Waals surface area contributed by atoms with Crippen LogP contribution in [0.2, 0.25) is 0 Å². The van der Waals surface area contributed by atoms with Gasteiger partial charge >= 0.3 is 0 Å². The zero-order chi connectivity index (χ0) is 15.6. The van der Waals surface area contributed by atoms with E-state index < -0.39 is 0 Å². The summed E-state index contributed by atoms with van der Waals surface area (Å²) >= 11 is 0. The van der Waals surface area contributed by atoms with E-state index in [-0.39, 0.29) is 11.2 Å². The number of aryl methyl sites for hydroxylation is 1. The first-order valence-corrected chi connectivity index (χ1v) is 6.96. The summed E-state index contributed by atoms with van der Waals surface area (Å²) in [4.78, 5) is 3.96. The van der Waals surface area contributed by atoms with Gasteiger partial charge in [0.25, 0.3) is 0 Å². The second kappa shape index (κ2) is 5.68. The second-order valence-corrected chi connectivity index (χ2v) is 6.21. The molecule has 0 saturated heterocycles. The van der Waals surface area contributed by atoms with Crippen molar-refractivity contribution in [1.29, 1.82) is 0 Å². The summed E-state index contributed by atoms with van der Waals surface area (Å²) in [6.07, 6.45) is 3.37. The first kappa shape index (κ1) is 15.2. The van der Waals surface area contributed by atoms with Crippen molar-refractivity contribution in [2.75, 3.05) is 5.32 Å². The summed E-state index contributed by atoms with van der Waals surface area (Å²) < 4.78 is 14.9. The van der Waals surface area contributed by atoms with Crippen LogP contribution in [0.15, 0.2) is 43.2 Å². The van der Waals surface area contributed by atoms with Crippen LogP contribution in [-0.4, -0.2) is 4.98 Å². The Hall–Kier alpha value is -2.16. The van der Waals surface area contributed by atoms with Crippen LogP contribution in [0, 0.1) is 12.7 Å². The number of nitrogens with zero attached hydrogens (tertiary/aromatic N) is 1. The summed E-state index contributed by atoms with van der Waals surface area (Å²) in [6, 6.07) is 7.45. The number of nitrogens with one attached hydrogen (secondary N) is 1. The Morgan fingerprint density at radius 1 is 1.14 bits per heavy atom. The molecule has 0 spiro atoms. The fourth-order valence-electron chi connectivity index (χ4n) is 2.29. The van der Waals surface area contributed by atoms with E-state index in [9.17, 15) is 4.39 Å². The molecule has 1 heterocycles. The second-order valence-electron chi connectivity index (χ2n) is 6.21. The Morgan fingerprint density at radius 3 is 2.33 bits per heavy atom. The largest absolute Gasteiger partial charge is 0.355 e. The van der Waals surface area contributed by atoms with Gasteiger partial charge in [-0.05, 0) is 35.6 Å². The van der Waals surface area contributed by atoms with Gasteiger partial charge in [0.15, 0.2) is 0 Å². The van der Waals surface area contributed by atoms with E-state index in [4.69, 9.17) is 0 Å². The molecule has 0 unspecified atom stereocenters. The molecule has 0 amide bonds. The van der Waals surface area contributed by atoms with Crippen LogP contribution in [0.3, 0.4) is 0 Å². The zero-order valence-corrected chi connectivity index (χ0v) is 13.0. The molecule has 110 valence electrons. The average Bonchev–Trinajstić information content (AvgIpc) is 2.38. The molecule has 0 aliphatic heterocycles. The number of halogens is 1. The Bertz CT molecular complexity index is 655. The van der Waals surface area contributed by atoms with Crippen LogP contribution in [0.4, 0.5) is 10.1 Å². The average molecular weight is 284 g/mol. The standard InChI is InChI=1S/C18H21FN2/c1-12-6-7-15(18(3,4)5)17(19)16(12)13(2)21-14-8-10-20-11-9-14/h6-11H,2H2,1,3-5H3,(H,20,21). The van der Waals surface area contributed by atoms with Crippen molar-refractivity contribution < 1.29 is 4.39 Å². The third kappa shape index (κ3) is 3.30. The normalized spacial score (nSPS) is 11.3. The van der Waals surface area contributed by atoms with E-state index in [1.165, 1.54) is 0 Å². The van der Waals surface area contributed by atoms with Crippen LogP contribution < -0.4 is 5.32 Å². The molecule has 1 N–H and O–H groups in total. The van der Waals surface area contributed by atoms with Gasteiger partial charge in [0, 0.05) is 29.3 Å². The lowest BCUT2D eigenvalue weighted by Crippen LogP contribution is -2.16. The molecule has 0 fully saturated rings. The highest BCUT2D eigenvalue weighted by atomic mass is 19.1. The van der Waals surface area contributed by atoms with Crippen molar-refractivity contribution in [3.05, 3.63) is 65.7 Å². The lowest BCUT2D eigenvalue weighted by Gasteiger charge is -2.23. The van der Waals surface area contributed by atoms with Gasteiger partial charge in [0.2, 0.25) is 0 Å². The molecule has 3 heteroatoms. The maximum atomic E-state index is 14.9. The smallest absolute Gasteiger partial charge is 0.136 e. The van der Waals surface area contributed by atoms with Crippen LogP contribution in [0.25, 0.3) is 5.70 Å². The Labute approximate surface area is 125 Å². The summed E-state index contributed by atoms with van der Waals surface area (Å²) in [6.45, 7) is 11.9. The fourth-order valence-corrected chi connectivity index (χ4v) is 2.29. The quantitative estimate of drug-likeness (QED) is 0.866. The molecule has 21 heavy (non-hydrogen) atoms. The number of hydrogen-bond acceptors (Lipinski definition) is 2. The minimum absolute atomic E-state index is 0.200. The summed E-state index contributed by atoms with van der Waals surface area (Å²) in [7, 11) is 0. The van der Waals surface area contributed by atoms with Gasteiger partial charge in [0.05, 0.1) is 0 Å². The van der Waals surface area contributed by atoms with Crippen molar-refractivity contribution in [3.8, 4) is 0 Å². The van der Waals surface area contributed by atoms with E-state index in [0.29, 0.717) is 16.8 Å². The highest BCUT2D eigenvalue weighted by Gasteiger charge is 2.22. The number of aromatic nitrogens is 1. The fraction of sp³-hybridized carbons (Fsp3) is 0.278. The molecule has 2 aromatic rings.